The van der Waals surface area contributed by atoms with Crippen LogP contribution in [0.3, 0.4) is 0 Å². The van der Waals surface area contributed by atoms with Gasteiger partial charge in [0.05, 0.1) is 0 Å². The normalized spacial score (nSPS) is 14.9. The Kier molecular flexibility index (Phi) is 6.36. The van der Waals surface area contributed by atoms with Crippen molar-refractivity contribution < 1.29 is 0 Å². The van der Waals surface area contributed by atoms with Crippen LogP contribution in [-0.4, -0.2) is 11.7 Å². The summed E-state index contributed by atoms with van der Waals surface area (Å²) in [5, 5.41) is 4.29. The fourth-order valence-corrected chi connectivity index (χ4v) is 4.70. The first-order chi connectivity index (χ1) is 18.2. The molecule has 6 rings (SSSR count). The summed E-state index contributed by atoms with van der Waals surface area (Å²) >= 11 is 6.24. The summed E-state index contributed by atoms with van der Waals surface area (Å²) < 4.78 is 0. The van der Waals surface area contributed by atoms with Gasteiger partial charge < -0.3 is 5.32 Å². The van der Waals surface area contributed by atoms with E-state index in [2.05, 4.69) is 72.0 Å². The van der Waals surface area contributed by atoms with Crippen LogP contribution in [0.4, 0.5) is 0 Å². The van der Waals surface area contributed by atoms with Crippen LogP contribution in [-0.2, 0) is 0 Å². The van der Waals surface area contributed by atoms with Gasteiger partial charge in [0.15, 0.2) is 5.84 Å². The van der Waals surface area contributed by atoms with Gasteiger partial charge in [0, 0.05) is 16.1 Å². The third kappa shape index (κ3) is 5.09. The van der Waals surface area contributed by atoms with Gasteiger partial charge in [-0.15, -0.1) is 0 Å². The molecule has 1 atom stereocenters. The van der Waals surface area contributed by atoms with Crippen molar-refractivity contribution in [3.05, 3.63) is 155 Å². The maximum atomic E-state index is 6.24. The largest absolute Gasteiger partial charge is 0.344 e. The van der Waals surface area contributed by atoms with Gasteiger partial charge in [-0.3, -0.25) is 0 Å². The molecule has 0 saturated heterocycles. The van der Waals surface area contributed by atoms with E-state index in [4.69, 9.17) is 21.6 Å². The first-order valence-electron chi connectivity index (χ1n) is 12.2. The van der Waals surface area contributed by atoms with E-state index in [1.807, 2.05) is 66.7 Å². The van der Waals surface area contributed by atoms with Crippen molar-refractivity contribution in [3.8, 4) is 22.3 Å². The van der Waals surface area contributed by atoms with Crippen LogP contribution in [0, 0.1) is 0 Å². The topological polar surface area (TPSA) is 36.8 Å². The zero-order valence-electron chi connectivity index (χ0n) is 20.1. The Hall–Kier alpha value is -4.47. The lowest BCUT2D eigenvalue weighted by atomic mass is 9.97. The molecule has 4 heteroatoms. The Labute approximate surface area is 221 Å². The zero-order chi connectivity index (χ0) is 25.0. The number of nitrogens with one attached hydrogen (secondary N) is 1. The summed E-state index contributed by atoms with van der Waals surface area (Å²) in [4.78, 5) is 9.89. The molecule has 5 aromatic carbocycles. The molecule has 0 aliphatic carbocycles. The van der Waals surface area contributed by atoms with Gasteiger partial charge in [0.2, 0.25) is 0 Å². The first-order valence-corrected chi connectivity index (χ1v) is 12.6. The molecular formula is C33H24ClN3. The lowest BCUT2D eigenvalue weighted by Gasteiger charge is -2.24. The smallest absolute Gasteiger partial charge is 0.159 e. The Morgan fingerprint density at radius 2 is 1.05 bits per heavy atom. The third-order valence-electron chi connectivity index (χ3n) is 6.38. The van der Waals surface area contributed by atoms with E-state index < -0.39 is 0 Å². The molecule has 1 aliphatic rings. The van der Waals surface area contributed by atoms with Crippen molar-refractivity contribution in [2.75, 3.05) is 0 Å². The van der Waals surface area contributed by atoms with Crippen LogP contribution in [0.5, 0.6) is 0 Å². The molecule has 0 bridgehead atoms. The molecule has 0 fully saturated rings. The van der Waals surface area contributed by atoms with Gasteiger partial charge in [-0.1, -0.05) is 121 Å². The second-order valence-electron chi connectivity index (χ2n) is 8.91. The van der Waals surface area contributed by atoms with Crippen molar-refractivity contribution in [2.45, 2.75) is 6.17 Å². The van der Waals surface area contributed by atoms with Crippen LogP contribution < -0.4 is 5.32 Å². The maximum Gasteiger partial charge on any atom is 0.159 e. The molecule has 1 N–H and O–H groups in total. The average molecular weight is 498 g/mol. The average Bonchev–Trinajstić information content (AvgIpc) is 2.98. The predicted octanol–water partition coefficient (Wildman–Crippen LogP) is 8.17. The van der Waals surface area contributed by atoms with E-state index in [1.165, 1.54) is 0 Å². The Balaban J connectivity index is 1.38. The molecule has 0 amide bonds. The highest BCUT2D eigenvalue weighted by molar-refractivity contribution is 6.30. The number of halogens is 1. The minimum Gasteiger partial charge on any atom is -0.344 e. The standard InChI is InChI=1S/C33H24ClN3/c34-30-19-9-17-28(22-30)26-15-7-14-25(20-26)27-16-8-18-29(21-27)33-36-31(23-10-3-1-4-11-23)35-32(37-33)24-12-5-2-6-13-24/h1-22,33H,(H,35,36,37). The molecule has 37 heavy (non-hydrogen) atoms. The van der Waals surface area contributed by atoms with Crippen molar-refractivity contribution in [2.24, 2.45) is 9.98 Å². The van der Waals surface area contributed by atoms with Crippen LogP contribution in [0.2, 0.25) is 5.02 Å². The van der Waals surface area contributed by atoms with Gasteiger partial charge in [-0.05, 0) is 52.1 Å². The van der Waals surface area contributed by atoms with E-state index in [0.717, 1.165) is 55.6 Å². The number of rotatable bonds is 5. The lowest BCUT2D eigenvalue weighted by Crippen LogP contribution is -2.33. The molecule has 0 saturated carbocycles. The van der Waals surface area contributed by atoms with Gasteiger partial charge in [0.1, 0.15) is 12.0 Å². The fraction of sp³-hybridized carbons (Fsp3) is 0.0303. The summed E-state index contributed by atoms with van der Waals surface area (Å²) in [5.74, 6) is 1.53. The second kappa shape index (κ2) is 10.3. The number of nitrogens with zero attached hydrogens (tertiary/aromatic N) is 2. The number of benzene rings is 5. The summed E-state index contributed by atoms with van der Waals surface area (Å²) in [6, 6.07) is 45.3. The first kappa shape index (κ1) is 23.0. The van der Waals surface area contributed by atoms with Crippen LogP contribution >= 0.6 is 11.6 Å². The molecule has 1 unspecified atom stereocenters. The molecule has 3 nitrogen and oxygen atoms in total. The van der Waals surface area contributed by atoms with Crippen molar-refractivity contribution in [1.82, 2.24) is 5.32 Å². The molecule has 0 spiro atoms. The molecule has 0 aromatic heterocycles. The van der Waals surface area contributed by atoms with E-state index in [0.29, 0.717) is 0 Å². The quantitative estimate of drug-likeness (QED) is 0.261. The van der Waals surface area contributed by atoms with Crippen molar-refractivity contribution in [3.63, 3.8) is 0 Å². The number of hydrogen-bond donors (Lipinski definition) is 1. The number of hydrogen-bond acceptors (Lipinski definition) is 3. The highest BCUT2D eigenvalue weighted by Crippen LogP contribution is 2.30. The van der Waals surface area contributed by atoms with E-state index in [-0.39, 0.29) is 6.17 Å². The molecule has 178 valence electrons. The van der Waals surface area contributed by atoms with Gasteiger partial charge in [0.25, 0.3) is 0 Å². The molecule has 1 heterocycles. The molecule has 0 radical (unpaired) electrons. The summed E-state index contributed by atoms with van der Waals surface area (Å²) in [5.41, 5.74) is 7.59. The van der Waals surface area contributed by atoms with Gasteiger partial charge >= 0.3 is 0 Å². The van der Waals surface area contributed by atoms with Crippen LogP contribution in [0.15, 0.2) is 143 Å². The molecule has 1 aliphatic heterocycles. The van der Waals surface area contributed by atoms with E-state index in [9.17, 15) is 0 Å². The Morgan fingerprint density at radius 1 is 0.514 bits per heavy atom. The predicted molar refractivity (Wildman–Crippen MR) is 154 cm³/mol. The van der Waals surface area contributed by atoms with E-state index in [1.54, 1.807) is 0 Å². The summed E-state index contributed by atoms with van der Waals surface area (Å²) in [6.45, 7) is 0. The summed E-state index contributed by atoms with van der Waals surface area (Å²) in [6.07, 6.45) is -0.265. The number of amidine groups is 2. The van der Waals surface area contributed by atoms with Gasteiger partial charge in [-0.2, -0.15) is 0 Å². The summed E-state index contributed by atoms with van der Waals surface area (Å²) in [7, 11) is 0. The van der Waals surface area contributed by atoms with E-state index >= 15 is 0 Å². The van der Waals surface area contributed by atoms with Gasteiger partial charge in [-0.25, -0.2) is 9.98 Å². The SMILES string of the molecule is Clc1cccc(-c2cccc(-c3cccc(C4N=C(c5ccccc5)N=C(c5ccccc5)N4)c3)c2)c1. The minimum absolute atomic E-state index is 0.265. The van der Waals surface area contributed by atoms with Crippen molar-refractivity contribution in [1.29, 1.82) is 0 Å². The lowest BCUT2D eigenvalue weighted by molar-refractivity contribution is 0.674. The molecule has 5 aromatic rings. The zero-order valence-corrected chi connectivity index (χ0v) is 20.8. The third-order valence-corrected chi connectivity index (χ3v) is 6.61. The Morgan fingerprint density at radius 3 is 1.73 bits per heavy atom. The number of aliphatic imine (C=N–C) groups is 2. The minimum atomic E-state index is -0.265. The van der Waals surface area contributed by atoms with Crippen LogP contribution in [0.25, 0.3) is 22.3 Å². The molecular weight excluding hydrogens is 474 g/mol. The van der Waals surface area contributed by atoms with Crippen molar-refractivity contribution >= 4 is 23.3 Å². The maximum absolute atomic E-state index is 6.24. The highest BCUT2D eigenvalue weighted by Gasteiger charge is 2.21. The fourth-order valence-electron chi connectivity index (χ4n) is 4.51. The monoisotopic (exact) mass is 497 g/mol. The second-order valence-corrected chi connectivity index (χ2v) is 9.35. The van der Waals surface area contributed by atoms with Crippen LogP contribution in [0.1, 0.15) is 22.9 Å². The Bertz CT molecular complexity index is 1610. The highest BCUT2D eigenvalue weighted by atomic mass is 35.5.